The minimum Gasteiger partial charge on any atom is -0.478 e. The molecule has 1 heterocycles. The molecule has 0 spiro atoms. The molecule has 2 aliphatic rings. The molecule has 0 fully saturated rings. The first kappa shape index (κ1) is 11.2. The second-order valence-corrected chi connectivity index (χ2v) is 3.92. The molecule has 1 aliphatic heterocycles. The normalized spacial score (nSPS) is 32.5. The lowest BCUT2D eigenvalue weighted by atomic mass is 9.83. The Morgan fingerprint density at radius 3 is 3.00 bits per heavy atom. The molecule has 2 N–H and O–H groups in total. The molecule has 3 atom stereocenters. The van der Waals surface area contributed by atoms with Crippen molar-refractivity contribution in [2.24, 2.45) is 11.8 Å². The number of carbonyl (C=O) groups is 1. The minimum atomic E-state index is -0.975. The van der Waals surface area contributed by atoms with Crippen molar-refractivity contribution in [2.45, 2.75) is 12.7 Å². The largest absolute Gasteiger partial charge is 0.478 e. The number of aliphatic carboxylic acids is 1. The summed E-state index contributed by atoms with van der Waals surface area (Å²) in [5, 5.41) is 18.2. The average molecular weight is 226 g/mol. The summed E-state index contributed by atoms with van der Waals surface area (Å²) in [5.41, 5.74) is 1.04. The molecule has 88 valence electrons. The molecule has 16 heavy (non-hydrogen) atoms. The number of hydrogen-bond donors (Lipinski definition) is 2. The van der Waals surface area contributed by atoms with Crippen molar-refractivity contribution in [3.8, 4) is 0 Å². The van der Waals surface area contributed by atoms with E-state index in [1.807, 2.05) is 6.08 Å². The zero-order valence-electron chi connectivity index (χ0n) is 8.92. The summed E-state index contributed by atoms with van der Waals surface area (Å²) in [6.07, 6.45) is 3.23. The van der Waals surface area contributed by atoms with Gasteiger partial charge in [-0.05, 0) is 12.0 Å². The number of ether oxygens (including phenoxy) is 2. The summed E-state index contributed by atoms with van der Waals surface area (Å²) in [4.78, 5) is 11.0. The molecule has 0 aromatic rings. The maximum absolute atomic E-state index is 11.0. The van der Waals surface area contributed by atoms with E-state index in [4.69, 9.17) is 14.6 Å². The van der Waals surface area contributed by atoms with Crippen LogP contribution in [-0.4, -0.2) is 36.2 Å². The molecule has 1 unspecified atom stereocenters. The van der Waals surface area contributed by atoms with Gasteiger partial charge in [0.05, 0.1) is 24.4 Å². The van der Waals surface area contributed by atoms with Crippen molar-refractivity contribution < 1.29 is 24.5 Å². The van der Waals surface area contributed by atoms with E-state index in [-0.39, 0.29) is 24.0 Å². The Morgan fingerprint density at radius 2 is 2.44 bits per heavy atom. The zero-order valence-corrected chi connectivity index (χ0v) is 8.92. The van der Waals surface area contributed by atoms with Crippen LogP contribution in [0.4, 0.5) is 0 Å². The molecule has 1 aliphatic carbocycles. The number of methoxy groups -OCH3 is 1. The fraction of sp³-hybridized carbons (Fsp3) is 0.545. The van der Waals surface area contributed by atoms with E-state index in [1.54, 1.807) is 0 Å². The summed E-state index contributed by atoms with van der Waals surface area (Å²) < 4.78 is 10.4. The van der Waals surface area contributed by atoms with Gasteiger partial charge in [0.15, 0.2) is 0 Å². The number of allylic oxidation sites excluding steroid dienone is 1. The summed E-state index contributed by atoms with van der Waals surface area (Å²) in [5.74, 6) is -1.32. The van der Waals surface area contributed by atoms with E-state index < -0.39 is 12.3 Å². The van der Waals surface area contributed by atoms with Gasteiger partial charge in [0.25, 0.3) is 0 Å². The predicted molar refractivity (Wildman–Crippen MR) is 54.4 cm³/mol. The highest BCUT2D eigenvalue weighted by molar-refractivity contribution is 5.87. The third-order valence-electron chi connectivity index (χ3n) is 3.18. The highest BCUT2D eigenvalue weighted by Crippen LogP contribution is 2.42. The van der Waals surface area contributed by atoms with Gasteiger partial charge in [-0.2, -0.15) is 0 Å². The molecular weight excluding hydrogens is 212 g/mol. The zero-order chi connectivity index (χ0) is 11.7. The molecule has 0 amide bonds. The fourth-order valence-corrected chi connectivity index (χ4v) is 2.40. The van der Waals surface area contributed by atoms with E-state index in [9.17, 15) is 9.90 Å². The van der Waals surface area contributed by atoms with Crippen LogP contribution in [0.25, 0.3) is 0 Å². The van der Waals surface area contributed by atoms with Gasteiger partial charge in [0, 0.05) is 13.0 Å². The standard InChI is InChI=1S/C11H14O5/c1-15-11-9-6(4-12)2-3-7(9)8(5-16-11)10(13)14/h2,5,7,9,11-12H,3-4H2,1H3,(H,13,14)/t7-,9-,11?/m1/s1. The Kier molecular flexibility index (Phi) is 2.98. The van der Waals surface area contributed by atoms with E-state index in [0.717, 1.165) is 5.57 Å². The summed E-state index contributed by atoms with van der Waals surface area (Å²) >= 11 is 0. The number of fused-ring (bicyclic) bond motifs is 1. The van der Waals surface area contributed by atoms with Gasteiger partial charge in [-0.3, -0.25) is 0 Å². The van der Waals surface area contributed by atoms with Crippen molar-refractivity contribution in [3.05, 3.63) is 23.5 Å². The molecule has 0 bridgehead atoms. The third-order valence-corrected chi connectivity index (χ3v) is 3.18. The Labute approximate surface area is 93.0 Å². The fourth-order valence-electron chi connectivity index (χ4n) is 2.40. The van der Waals surface area contributed by atoms with E-state index >= 15 is 0 Å². The molecule has 5 heteroatoms. The van der Waals surface area contributed by atoms with Gasteiger partial charge in [0.1, 0.15) is 0 Å². The molecule has 0 radical (unpaired) electrons. The van der Waals surface area contributed by atoms with Crippen molar-refractivity contribution in [1.82, 2.24) is 0 Å². The SMILES string of the molecule is COC1OC=C(C(=O)O)[C@H]2CC=C(CO)[C@@H]12. The first-order chi connectivity index (χ1) is 7.69. The van der Waals surface area contributed by atoms with Gasteiger partial charge in [0.2, 0.25) is 6.29 Å². The van der Waals surface area contributed by atoms with Crippen LogP contribution in [0, 0.1) is 11.8 Å². The smallest absolute Gasteiger partial charge is 0.335 e. The van der Waals surface area contributed by atoms with Gasteiger partial charge < -0.3 is 19.7 Å². The second-order valence-electron chi connectivity index (χ2n) is 3.92. The molecular formula is C11H14O5. The number of carboxylic acid groups (broad SMARTS) is 1. The number of carboxylic acids is 1. The first-order valence-electron chi connectivity index (χ1n) is 5.10. The lowest BCUT2D eigenvalue weighted by Crippen LogP contribution is -2.36. The van der Waals surface area contributed by atoms with Gasteiger partial charge in [-0.1, -0.05) is 6.08 Å². The van der Waals surface area contributed by atoms with Crippen molar-refractivity contribution in [2.75, 3.05) is 13.7 Å². The lowest BCUT2D eigenvalue weighted by Gasteiger charge is -2.33. The van der Waals surface area contributed by atoms with Crippen LogP contribution in [0.15, 0.2) is 23.5 Å². The van der Waals surface area contributed by atoms with Crippen LogP contribution in [0.1, 0.15) is 6.42 Å². The molecule has 0 aromatic heterocycles. The Hall–Kier alpha value is -1.33. The quantitative estimate of drug-likeness (QED) is 0.686. The number of rotatable bonds is 3. The summed E-state index contributed by atoms with van der Waals surface area (Å²) in [6.45, 7) is -0.0860. The van der Waals surface area contributed by atoms with Crippen LogP contribution < -0.4 is 0 Å². The molecule has 5 nitrogen and oxygen atoms in total. The van der Waals surface area contributed by atoms with Crippen molar-refractivity contribution >= 4 is 5.97 Å². The van der Waals surface area contributed by atoms with Gasteiger partial charge in [-0.25, -0.2) is 4.79 Å². The van der Waals surface area contributed by atoms with E-state index in [0.29, 0.717) is 6.42 Å². The Bertz CT molecular complexity index is 357. The Morgan fingerprint density at radius 1 is 1.69 bits per heavy atom. The minimum absolute atomic E-state index is 0.0860. The van der Waals surface area contributed by atoms with Gasteiger partial charge >= 0.3 is 5.97 Å². The van der Waals surface area contributed by atoms with Crippen LogP contribution >= 0.6 is 0 Å². The maximum atomic E-state index is 11.0. The number of aliphatic hydroxyl groups excluding tert-OH is 1. The predicted octanol–water partition coefficient (Wildman–Crippen LogP) is 0.512. The van der Waals surface area contributed by atoms with Crippen molar-refractivity contribution in [1.29, 1.82) is 0 Å². The molecule has 0 saturated heterocycles. The van der Waals surface area contributed by atoms with Gasteiger partial charge in [-0.15, -0.1) is 0 Å². The average Bonchev–Trinajstić information content (AvgIpc) is 2.71. The first-order valence-corrected chi connectivity index (χ1v) is 5.10. The monoisotopic (exact) mass is 226 g/mol. The Balaban J connectivity index is 2.29. The summed E-state index contributed by atoms with van der Waals surface area (Å²) in [6, 6.07) is 0. The third kappa shape index (κ3) is 1.62. The van der Waals surface area contributed by atoms with Crippen LogP contribution in [0.2, 0.25) is 0 Å². The van der Waals surface area contributed by atoms with E-state index in [1.165, 1.54) is 13.4 Å². The second kappa shape index (κ2) is 4.27. The maximum Gasteiger partial charge on any atom is 0.335 e. The topological polar surface area (TPSA) is 76.0 Å². The summed E-state index contributed by atoms with van der Waals surface area (Å²) in [7, 11) is 1.51. The van der Waals surface area contributed by atoms with Crippen LogP contribution in [0.5, 0.6) is 0 Å². The highest BCUT2D eigenvalue weighted by atomic mass is 16.7. The molecule has 0 saturated carbocycles. The van der Waals surface area contributed by atoms with Crippen LogP contribution in [-0.2, 0) is 14.3 Å². The molecule has 0 aromatic carbocycles. The van der Waals surface area contributed by atoms with Crippen molar-refractivity contribution in [3.63, 3.8) is 0 Å². The molecule has 2 rings (SSSR count). The number of aliphatic hydroxyl groups is 1. The number of hydrogen-bond acceptors (Lipinski definition) is 4. The van der Waals surface area contributed by atoms with Crippen LogP contribution in [0.3, 0.4) is 0 Å². The van der Waals surface area contributed by atoms with E-state index in [2.05, 4.69) is 0 Å². The lowest BCUT2D eigenvalue weighted by molar-refractivity contribution is -0.144. The highest BCUT2D eigenvalue weighted by Gasteiger charge is 2.43.